The molecule has 0 aliphatic carbocycles. The van der Waals surface area contributed by atoms with E-state index in [1.54, 1.807) is 13.3 Å². The number of anilines is 1. The van der Waals surface area contributed by atoms with E-state index in [0.29, 0.717) is 24.8 Å². The zero-order chi connectivity index (χ0) is 27.7. The number of piperidine rings is 1. The molecule has 1 amide bonds. The molecule has 1 aromatic heterocycles. The molecule has 2 aliphatic heterocycles. The van der Waals surface area contributed by atoms with Crippen molar-refractivity contribution in [1.29, 1.82) is 0 Å². The lowest BCUT2D eigenvalue weighted by molar-refractivity contribution is 0.0946. The molecule has 0 atom stereocenters. The summed E-state index contributed by atoms with van der Waals surface area (Å²) in [5.41, 5.74) is 1.88. The Balaban J connectivity index is 1.04. The number of carbonyl (C=O) groups is 1. The van der Waals surface area contributed by atoms with Crippen LogP contribution in [0.5, 0.6) is 11.5 Å². The average molecular weight is 609 g/mol. The first-order valence-corrected chi connectivity index (χ1v) is 14.8. The van der Waals surface area contributed by atoms with Gasteiger partial charge < -0.3 is 19.7 Å². The fourth-order valence-electron chi connectivity index (χ4n) is 5.47. The van der Waals surface area contributed by atoms with Gasteiger partial charge in [0.05, 0.1) is 23.7 Å². The summed E-state index contributed by atoms with van der Waals surface area (Å²) in [4.78, 5) is 24.8. The maximum atomic E-state index is 12.6. The number of aromatic nitrogens is 1. The number of halogens is 1. The zero-order valence-electron chi connectivity index (χ0n) is 23.1. The highest BCUT2D eigenvalue weighted by atomic mass is 79.9. The van der Waals surface area contributed by atoms with E-state index in [0.717, 1.165) is 67.6 Å². The molecular formula is C31H38BrN5O3. The molecule has 1 N–H and O–H groups in total. The van der Waals surface area contributed by atoms with Crippen LogP contribution in [-0.2, 0) is 6.54 Å². The fourth-order valence-corrected chi connectivity index (χ4v) is 6.07. The number of benzene rings is 2. The second-order valence-corrected chi connectivity index (χ2v) is 11.2. The lowest BCUT2D eigenvalue weighted by Gasteiger charge is -2.43. The fraction of sp³-hybridized carbons (Fsp3) is 0.419. The van der Waals surface area contributed by atoms with E-state index in [9.17, 15) is 4.79 Å². The molecule has 0 saturated carbocycles. The van der Waals surface area contributed by atoms with E-state index in [2.05, 4.69) is 53.1 Å². The van der Waals surface area contributed by atoms with Crippen molar-refractivity contribution in [3.8, 4) is 11.5 Å². The smallest absolute Gasteiger partial charge is 0.253 e. The standard InChI is InChI=1S/C31H38BrN5O3/c1-39-27-9-7-24(8-10-27)23-35-14-11-26(12-15-35)36-16-18-37(19-17-36)30-29(32)21-25(22-34-30)31(38)33-13-20-40-28-5-3-2-4-6-28/h2-10,21-22,26H,11-20,23H2,1H3,(H,33,38). The number of rotatable bonds is 10. The Kier molecular flexibility index (Phi) is 9.91. The summed E-state index contributed by atoms with van der Waals surface area (Å²) in [5.74, 6) is 2.45. The lowest BCUT2D eigenvalue weighted by Crippen LogP contribution is -2.53. The van der Waals surface area contributed by atoms with Crippen LogP contribution >= 0.6 is 15.9 Å². The summed E-state index contributed by atoms with van der Waals surface area (Å²) in [6.07, 6.45) is 4.08. The van der Waals surface area contributed by atoms with Gasteiger partial charge in [0.1, 0.15) is 23.9 Å². The minimum atomic E-state index is -0.153. The number of methoxy groups -OCH3 is 1. The van der Waals surface area contributed by atoms with Crippen LogP contribution in [0.2, 0.25) is 0 Å². The third-order valence-electron chi connectivity index (χ3n) is 7.74. The number of amides is 1. The van der Waals surface area contributed by atoms with Gasteiger partial charge in [0.25, 0.3) is 5.91 Å². The highest BCUT2D eigenvalue weighted by Crippen LogP contribution is 2.27. The molecule has 0 bridgehead atoms. The van der Waals surface area contributed by atoms with Crippen molar-refractivity contribution in [3.05, 3.63) is 82.5 Å². The Morgan fingerprint density at radius 1 is 0.975 bits per heavy atom. The maximum absolute atomic E-state index is 12.6. The number of hydrogen-bond donors (Lipinski definition) is 1. The summed E-state index contributed by atoms with van der Waals surface area (Å²) in [6.45, 7) is 8.02. The van der Waals surface area contributed by atoms with Crippen LogP contribution in [0.15, 0.2) is 71.3 Å². The Morgan fingerprint density at radius 3 is 2.38 bits per heavy atom. The van der Waals surface area contributed by atoms with Crippen LogP contribution in [-0.4, -0.2) is 86.3 Å². The molecule has 5 rings (SSSR count). The monoisotopic (exact) mass is 607 g/mol. The quantitative estimate of drug-likeness (QED) is 0.342. The molecule has 3 heterocycles. The molecule has 2 saturated heterocycles. The molecule has 2 fully saturated rings. The molecule has 9 heteroatoms. The molecule has 0 radical (unpaired) electrons. The van der Waals surface area contributed by atoms with Gasteiger partial charge in [-0.1, -0.05) is 30.3 Å². The molecule has 2 aliphatic rings. The van der Waals surface area contributed by atoms with Crippen LogP contribution in [0.4, 0.5) is 5.82 Å². The third kappa shape index (κ3) is 7.53. The molecule has 8 nitrogen and oxygen atoms in total. The second-order valence-electron chi connectivity index (χ2n) is 10.3. The first kappa shape index (κ1) is 28.4. The number of carbonyl (C=O) groups excluding carboxylic acids is 1. The number of piperazine rings is 1. The van der Waals surface area contributed by atoms with Gasteiger partial charge in [0.2, 0.25) is 0 Å². The van der Waals surface area contributed by atoms with E-state index in [1.807, 2.05) is 48.5 Å². The zero-order valence-corrected chi connectivity index (χ0v) is 24.7. The highest BCUT2D eigenvalue weighted by molar-refractivity contribution is 9.10. The van der Waals surface area contributed by atoms with Gasteiger partial charge in [-0.2, -0.15) is 0 Å². The minimum absolute atomic E-state index is 0.153. The number of likely N-dealkylation sites (tertiary alicyclic amines) is 1. The van der Waals surface area contributed by atoms with Gasteiger partial charge in [-0.05, 0) is 77.8 Å². The molecule has 2 aromatic carbocycles. The largest absolute Gasteiger partial charge is 0.497 e. The van der Waals surface area contributed by atoms with Gasteiger partial charge >= 0.3 is 0 Å². The van der Waals surface area contributed by atoms with Gasteiger partial charge in [-0.3, -0.25) is 14.6 Å². The van der Waals surface area contributed by atoms with Gasteiger partial charge in [0.15, 0.2) is 0 Å². The molecule has 212 valence electrons. The van der Waals surface area contributed by atoms with Crippen molar-refractivity contribution in [2.75, 3.05) is 64.4 Å². The number of ether oxygens (including phenoxy) is 2. The highest BCUT2D eigenvalue weighted by Gasteiger charge is 2.28. The summed E-state index contributed by atoms with van der Waals surface area (Å²) in [5, 5.41) is 2.91. The predicted octanol–water partition coefficient (Wildman–Crippen LogP) is 4.45. The van der Waals surface area contributed by atoms with Crippen LogP contribution in [0.3, 0.4) is 0 Å². The summed E-state index contributed by atoms with van der Waals surface area (Å²) >= 11 is 3.66. The van der Waals surface area contributed by atoms with Gasteiger partial charge in [-0.25, -0.2) is 4.98 Å². The topological polar surface area (TPSA) is 70.2 Å². The molecular weight excluding hydrogens is 570 g/mol. The first-order valence-electron chi connectivity index (χ1n) is 14.0. The Bertz CT molecular complexity index is 1230. The SMILES string of the molecule is COc1ccc(CN2CCC(N3CCN(c4ncc(C(=O)NCCOc5ccccc5)cc4Br)CC3)CC2)cc1. The minimum Gasteiger partial charge on any atom is -0.497 e. The van der Waals surface area contributed by atoms with Crippen molar-refractivity contribution in [3.63, 3.8) is 0 Å². The number of nitrogens with one attached hydrogen (secondary N) is 1. The normalized spacial score (nSPS) is 17.0. The van der Waals surface area contributed by atoms with Gasteiger partial charge in [0, 0.05) is 45.0 Å². The Labute approximate surface area is 245 Å². The van der Waals surface area contributed by atoms with Crippen LogP contribution in [0.25, 0.3) is 0 Å². The van der Waals surface area contributed by atoms with Crippen molar-refractivity contribution in [2.24, 2.45) is 0 Å². The maximum Gasteiger partial charge on any atom is 0.253 e. The average Bonchev–Trinajstić information content (AvgIpc) is 3.00. The van der Waals surface area contributed by atoms with Crippen molar-refractivity contribution in [2.45, 2.75) is 25.4 Å². The Hall–Kier alpha value is -3.14. The van der Waals surface area contributed by atoms with Crippen LogP contribution < -0.4 is 19.7 Å². The van der Waals surface area contributed by atoms with Gasteiger partial charge in [-0.15, -0.1) is 0 Å². The van der Waals surface area contributed by atoms with Crippen molar-refractivity contribution < 1.29 is 14.3 Å². The van der Waals surface area contributed by atoms with E-state index >= 15 is 0 Å². The molecule has 40 heavy (non-hydrogen) atoms. The molecule has 3 aromatic rings. The van der Waals surface area contributed by atoms with E-state index in [4.69, 9.17) is 9.47 Å². The first-order chi connectivity index (χ1) is 19.6. The lowest BCUT2D eigenvalue weighted by atomic mass is 10.0. The summed E-state index contributed by atoms with van der Waals surface area (Å²) in [6, 6.07) is 20.5. The van der Waals surface area contributed by atoms with Crippen molar-refractivity contribution >= 4 is 27.7 Å². The number of hydrogen-bond acceptors (Lipinski definition) is 7. The van der Waals surface area contributed by atoms with Crippen LogP contribution in [0, 0.1) is 0 Å². The number of para-hydroxylation sites is 1. The van der Waals surface area contributed by atoms with E-state index in [-0.39, 0.29) is 5.91 Å². The second kappa shape index (κ2) is 14.0. The van der Waals surface area contributed by atoms with Crippen molar-refractivity contribution in [1.82, 2.24) is 20.1 Å². The van der Waals surface area contributed by atoms with E-state index < -0.39 is 0 Å². The molecule has 0 unspecified atom stereocenters. The molecule has 0 spiro atoms. The number of nitrogens with zero attached hydrogens (tertiary/aromatic N) is 4. The predicted molar refractivity (Wildman–Crippen MR) is 161 cm³/mol. The van der Waals surface area contributed by atoms with E-state index in [1.165, 1.54) is 18.4 Å². The summed E-state index contributed by atoms with van der Waals surface area (Å²) in [7, 11) is 1.71. The third-order valence-corrected chi connectivity index (χ3v) is 8.32. The summed E-state index contributed by atoms with van der Waals surface area (Å²) < 4.78 is 11.8. The Morgan fingerprint density at radius 2 is 1.70 bits per heavy atom. The number of pyridine rings is 1. The van der Waals surface area contributed by atoms with Crippen LogP contribution in [0.1, 0.15) is 28.8 Å².